The SMILES string of the molecule is Cc1ccn(-c2ccc(CCl)cc2C)n1. The van der Waals surface area contributed by atoms with Crippen molar-refractivity contribution in [2.45, 2.75) is 19.7 Å². The fourth-order valence-electron chi connectivity index (χ4n) is 1.61. The van der Waals surface area contributed by atoms with Crippen molar-refractivity contribution in [1.82, 2.24) is 9.78 Å². The van der Waals surface area contributed by atoms with Crippen LogP contribution in [0, 0.1) is 13.8 Å². The second-order valence-electron chi connectivity index (χ2n) is 3.66. The number of hydrogen-bond donors (Lipinski definition) is 0. The quantitative estimate of drug-likeness (QED) is 0.711. The summed E-state index contributed by atoms with van der Waals surface area (Å²) >= 11 is 5.78. The molecule has 78 valence electrons. The van der Waals surface area contributed by atoms with E-state index in [1.807, 2.05) is 29.9 Å². The van der Waals surface area contributed by atoms with Gasteiger partial charge in [0.15, 0.2) is 0 Å². The maximum absolute atomic E-state index is 5.78. The van der Waals surface area contributed by atoms with Gasteiger partial charge in [0.1, 0.15) is 0 Å². The molecule has 0 spiro atoms. The van der Waals surface area contributed by atoms with E-state index in [9.17, 15) is 0 Å². The van der Waals surface area contributed by atoms with Crippen molar-refractivity contribution in [3.63, 3.8) is 0 Å². The molecule has 0 bridgehead atoms. The maximum Gasteiger partial charge on any atom is 0.0675 e. The van der Waals surface area contributed by atoms with Gasteiger partial charge in [0, 0.05) is 12.1 Å². The van der Waals surface area contributed by atoms with E-state index < -0.39 is 0 Å². The first kappa shape index (κ1) is 10.2. The van der Waals surface area contributed by atoms with Gasteiger partial charge in [-0.25, -0.2) is 4.68 Å². The second kappa shape index (κ2) is 4.07. The van der Waals surface area contributed by atoms with Gasteiger partial charge in [-0.15, -0.1) is 11.6 Å². The third-order valence-corrected chi connectivity index (χ3v) is 2.69. The zero-order valence-corrected chi connectivity index (χ0v) is 9.62. The number of rotatable bonds is 2. The van der Waals surface area contributed by atoms with E-state index in [2.05, 4.69) is 24.2 Å². The maximum atomic E-state index is 5.78. The van der Waals surface area contributed by atoms with Crippen molar-refractivity contribution in [3.8, 4) is 5.69 Å². The van der Waals surface area contributed by atoms with Gasteiger partial charge in [-0.2, -0.15) is 5.10 Å². The first-order valence-corrected chi connectivity index (χ1v) is 5.42. The largest absolute Gasteiger partial charge is 0.240 e. The minimum atomic E-state index is 0.555. The van der Waals surface area contributed by atoms with Crippen molar-refractivity contribution < 1.29 is 0 Å². The van der Waals surface area contributed by atoms with E-state index in [1.54, 1.807) is 0 Å². The Hall–Kier alpha value is -1.28. The summed E-state index contributed by atoms with van der Waals surface area (Å²) in [5.74, 6) is 0.555. The van der Waals surface area contributed by atoms with Gasteiger partial charge in [0.25, 0.3) is 0 Å². The Balaban J connectivity index is 2.45. The van der Waals surface area contributed by atoms with Crippen LogP contribution in [0.5, 0.6) is 0 Å². The van der Waals surface area contributed by atoms with Gasteiger partial charge in [0.2, 0.25) is 0 Å². The average molecular weight is 221 g/mol. The summed E-state index contributed by atoms with van der Waals surface area (Å²) in [5.41, 5.74) is 4.46. The molecule has 0 aliphatic rings. The van der Waals surface area contributed by atoms with E-state index in [4.69, 9.17) is 11.6 Å². The third kappa shape index (κ3) is 2.05. The number of halogens is 1. The first-order valence-electron chi connectivity index (χ1n) is 4.89. The van der Waals surface area contributed by atoms with Crippen molar-refractivity contribution in [2.24, 2.45) is 0 Å². The highest BCUT2D eigenvalue weighted by Crippen LogP contribution is 2.16. The standard InChI is InChI=1S/C12H13ClN2/c1-9-7-11(8-13)3-4-12(9)15-6-5-10(2)14-15/h3-7H,8H2,1-2H3. The summed E-state index contributed by atoms with van der Waals surface area (Å²) in [5, 5.41) is 4.38. The Morgan fingerprint density at radius 1 is 1.27 bits per heavy atom. The summed E-state index contributed by atoms with van der Waals surface area (Å²) in [7, 11) is 0. The predicted octanol–water partition coefficient (Wildman–Crippen LogP) is 3.23. The number of alkyl halides is 1. The van der Waals surface area contributed by atoms with Gasteiger partial charge < -0.3 is 0 Å². The molecule has 3 heteroatoms. The van der Waals surface area contributed by atoms with Crippen molar-refractivity contribution in [1.29, 1.82) is 0 Å². The molecule has 0 unspecified atom stereocenters. The molecule has 15 heavy (non-hydrogen) atoms. The Bertz CT molecular complexity index is 474. The van der Waals surface area contributed by atoms with Gasteiger partial charge in [0.05, 0.1) is 11.4 Å². The van der Waals surface area contributed by atoms with Crippen LogP contribution < -0.4 is 0 Å². The first-order chi connectivity index (χ1) is 7.20. The van der Waals surface area contributed by atoms with Crippen LogP contribution in [0.3, 0.4) is 0 Å². The monoisotopic (exact) mass is 220 g/mol. The highest BCUT2D eigenvalue weighted by Gasteiger charge is 2.02. The molecule has 0 aliphatic carbocycles. The zero-order chi connectivity index (χ0) is 10.8. The lowest BCUT2D eigenvalue weighted by atomic mass is 10.1. The molecule has 1 heterocycles. The fraction of sp³-hybridized carbons (Fsp3) is 0.250. The predicted molar refractivity (Wildman–Crippen MR) is 62.6 cm³/mol. The summed E-state index contributed by atoms with van der Waals surface area (Å²) in [6.45, 7) is 4.06. The molecule has 0 saturated heterocycles. The molecule has 0 radical (unpaired) electrons. The Kier molecular flexibility index (Phi) is 2.78. The normalized spacial score (nSPS) is 10.6. The van der Waals surface area contributed by atoms with Crippen LogP contribution in [0.1, 0.15) is 16.8 Å². The summed E-state index contributed by atoms with van der Waals surface area (Å²) < 4.78 is 1.89. The lowest BCUT2D eigenvalue weighted by molar-refractivity contribution is 0.855. The molecule has 0 amide bonds. The highest BCUT2D eigenvalue weighted by molar-refractivity contribution is 6.17. The summed E-state index contributed by atoms with van der Waals surface area (Å²) in [4.78, 5) is 0. The van der Waals surface area contributed by atoms with E-state index in [0.717, 1.165) is 16.9 Å². The number of hydrogen-bond acceptors (Lipinski definition) is 1. The Morgan fingerprint density at radius 2 is 2.07 bits per heavy atom. The van der Waals surface area contributed by atoms with Crippen LogP contribution in [-0.4, -0.2) is 9.78 Å². The van der Waals surface area contributed by atoms with Crippen LogP contribution in [-0.2, 0) is 5.88 Å². The lowest BCUT2D eigenvalue weighted by Gasteiger charge is -2.07. The number of aryl methyl sites for hydroxylation is 2. The van der Waals surface area contributed by atoms with Gasteiger partial charge in [-0.3, -0.25) is 0 Å². The van der Waals surface area contributed by atoms with E-state index in [1.165, 1.54) is 5.56 Å². The van der Waals surface area contributed by atoms with Gasteiger partial charge in [-0.1, -0.05) is 12.1 Å². The molecule has 1 aromatic heterocycles. The van der Waals surface area contributed by atoms with E-state index in [-0.39, 0.29) is 0 Å². The molecule has 1 aromatic carbocycles. The Morgan fingerprint density at radius 3 is 2.60 bits per heavy atom. The molecular formula is C12H13ClN2. The molecule has 0 atom stereocenters. The summed E-state index contributed by atoms with van der Waals surface area (Å²) in [6.07, 6.45) is 1.97. The number of benzene rings is 1. The van der Waals surface area contributed by atoms with E-state index in [0.29, 0.717) is 5.88 Å². The lowest BCUT2D eigenvalue weighted by Crippen LogP contribution is -1.98. The van der Waals surface area contributed by atoms with Crippen molar-refractivity contribution in [3.05, 3.63) is 47.3 Å². The summed E-state index contributed by atoms with van der Waals surface area (Å²) in [6, 6.07) is 8.18. The smallest absolute Gasteiger partial charge is 0.0675 e. The van der Waals surface area contributed by atoms with Gasteiger partial charge in [-0.05, 0) is 37.1 Å². The highest BCUT2D eigenvalue weighted by atomic mass is 35.5. The topological polar surface area (TPSA) is 17.8 Å². The fourth-order valence-corrected chi connectivity index (χ4v) is 1.77. The molecule has 0 N–H and O–H groups in total. The molecule has 0 saturated carbocycles. The minimum absolute atomic E-state index is 0.555. The van der Waals surface area contributed by atoms with Crippen molar-refractivity contribution in [2.75, 3.05) is 0 Å². The molecule has 2 rings (SSSR count). The van der Waals surface area contributed by atoms with Crippen LogP contribution in [0.4, 0.5) is 0 Å². The average Bonchev–Trinajstić information content (AvgIpc) is 2.64. The molecule has 0 aliphatic heterocycles. The van der Waals surface area contributed by atoms with Crippen LogP contribution in [0.25, 0.3) is 5.69 Å². The number of aromatic nitrogens is 2. The molecule has 2 nitrogen and oxygen atoms in total. The molecular weight excluding hydrogens is 208 g/mol. The Labute approximate surface area is 94.5 Å². The van der Waals surface area contributed by atoms with Crippen LogP contribution in [0.15, 0.2) is 30.5 Å². The number of nitrogens with zero attached hydrogens (tertiary/aromatic N) is 2. The van der Waals surface area contributed by atoms with Crippen molar-refractivity contribution >= 4 is 11.6 Å². The van der Waals surface area contributed by atoms with E-state index >= 15 is 0 Å². The van der Waals surface area contributed by atoms with Crippen LogP contribution >= 0.6 is 11.6 Å². The minimum Gasteiger partial charge on any atom is -0.240 e. The molecule has 0 fully saturated rings. The second-order valence-corrected chi connectivity index (χ2v) is 3.92. The molecule has 2 aromatic rings. The van der Waals surface area contributed by atoms with Crippen LogP contribution in [0.2, 0.25) is 0 Å². The third-order valence-electron chi connectivity index (χ3n) is 2.38. The van der Waals surface area contributed by atoms with Gasteiger partial charge >= 0.3 is 0 Å². The zero-order valence-electron chi connectivity index (χ0n) is 8.87.